The molecule has 0 aliphatic heterocycles. The molecule has 112 valence electrons. The van der Waals surface area contributed by atoms with Crippen molar-refractivity contribution in [2.24, 2.45) is 11.5 Å². The Morgan fingerprint density at radius 2 is 1.81 bits per heavy atom. The van der Waals surface area contributed by atoms with Crippen LogP contribution in [0.25, 0.3) is 10.9 Å². The Morgan fingerprint density at radius 1 is 1.14 bits per heavy atom. The molecule has 6 nitrogen and oxygen atoms in total. The molecule has 0 spiro atoms. The van der Waals surface area contributed by atoms with Gasteiger partial charge >= 0.3 is 5.97 Å². The Labute approximate surface area is 122 Å². The second-order valence-corrected chi connectivity index (χ2v) is 5.13. The average Bonchev–Trinajstić information content (AvgIpc) is 2.87. The minimum atomic E-state index is -1.08. The SMILES string of the molecule is NC(CC[C@H](N)C(=O)O)C(=O)Cc1c[nH]c2ccccc12. The molecule has 2 atom stereocenters. The molecular formula is C15H19N3O3. The number of Topliss-reactive ketones (excluding diaryl/α,β-unsaturated/α-hetero) is 1. The molecule has 1 aromatic heterocycles. The molecule has 0 aliphatic carbocycles. The monoisotopic (exact) mass is 289 g/mol. The van der Waals surface area contributed by atoms with Crippen LogP contribution in [0.3, 0.4) is 0 Å². The van der Waals surface area contributed by atoms with Crippen molar-refractivity contribution in [3.63, 3.8) is 0 Å². The number of carbonyl (C=O) groups excluding carboxylic acids is 1. The molecule has 6 heteroatoms. The van der Waals surface area contributed by atoms with Gasteiger partial charge in [0.25, 0.3) is 0 Å². The van der Waals surface area contributed by atoms with Gasteiger partial charge in [-0.25, -0.2) is 0 Å². The number of carbonyl (C=O) groups is 2. The number of hydrogen-bond donors (Lipinski definition) is 4. The quantitative estimate of drug-likeness (QED) is 0.600. The summed E-state index contributed by atoms with van der Waals surface area (Å²) in [4.78, 5) is 25.8. The number of H-pyrrole nitrogens is 1. The van der Waals surface area contributed by atoms with Gasteiger partial charge in [-0.15, -0.1) is 0 Å². The summed E-state index contributed by atoms with van der Waals surface area (Å²) in [5.74, 6) is -1.19. The summed E-state index contributed by atoms with van der Waals surface area (Å²) in [7, 11) is 0. The van der Waals surface area contributed by atoms with Gasteiger partial charge in [-0.2, -0.15) is 0 Å². The molecule has 0 saturated heterocycles. The third-order valence-electron chi connectivity index (χ3n) is 3.56. The van der Waals surface area contributed by atoms with E-state index in [1.807, 2.05) is 24.3 Å². The van der Waals surface area contributed by atoms with E-state index in [4.69, 9.17) is 16.6 Å². The van der Waals surface area contributed by atoms with Crippen LogP contribution >= 0.6 is 0 Å². The number of nitrogens with two attached hydrogens (primary N) is 2. The molecule has 0 aliphatic rings. The van der Waals surface area contributed by atoms with E-state index < -0.39 is 18.1 Å². The number of ketones is 1. The van der Waals surface area contributed by atoms with Gasteiger partial charge in [0.05, 0.1) is 6.04 Å². The molecule has 1 heterocycles. The lowest BCUT2D eigenvalue weighted by atomic mass is 9.99. The van der Waals surface area contributed by atoms with Gasteiger partial charge in [0, 0.05) is 23.5 Å². The lowest BCUT2D eigenvalue weighted by Gasteiger charge is -2.12. The molecule has 1 aromatic carbocycles. The zero-order chi connectivity index (χ0) is 15.4. The zero-order valence-corrected chi connectivity index (χ0v) is 11.6. The minimum Gasteiger partial charge on any atom is -0.480 e. The highest BCUT2D eigenvalue weighted by atomic mass is 16.4. The molecule has 0 radical (unpaired) electrons. The molecule has 0 amide bonds. The predicted molar refractivity (Wildman–Crippen MR) is 79.8 cm³/mol. The van der Waals surface area contributed by atoms with E-state index in [9.17, 15) is 9.59 Å². The largest absolute Gasteiger partial charge is 0.480 e. The van der Waals surface area contributed by atoms with E-state index in [1.54, 1.807) is 6.20 Å². The first-order valence-electron chi connectivity index (χ1n) is 6.80. The van der Waals surface area contributed by atoms with Gasteiger partial charge in [0.15, 0.2) is 5.78 Å². The summed E-state index contributed by atoms with van der Waals surface area (Å²) in [5.41, 5.74) is 13.1. The van der Waals surface area contributed by atoms with Crippen LogP contribution in [-0.2, 0) is 16.0 Å². The third-order valence-corrected chi connectivity index (χ3v) is 3.56. The van der Waals surface area contributed by atoms with Crippen LogP contribution in [0, 0.1) is 0 Å². The number of para-hydroxylation sites is 1. The fraction of sp³-hybridized carbons (Fsp3) is 0.333. The maximum absolute atomic E-state index is 12.1. The summed E-state index contributed by atoms with van der Waals surface area (Å²) < 4.78 is 0. The van der Waals surface area contributed by atoms with E-state index >= 15 is 0 Å². The first-order chi connectivity index (χ1) is 9.99. The number of rotatable bonds is 7. The molecule has 0 bridgehead atoms. The number of aliphatic carboxylic acids is 1. The lowest BCUT2D eigenvalue weighted by molar-refractivity contribution is -0.138. The first kappa shape index (κ1) is 15.2. The maximum Gasteiger partial charge on any atom is 0.320 e. The van der Waals surface area contributed by atoms with Gasteiger partial charge < -0.3 is 21.6 Å². The summed E-state index contributed by atoms with van der Waals surface area (Å²) in [6, 6.07) is 6.05. The molecule has 0 saturated carbocycles. The van der Waals surface area contributed by atoms with Crippen LogP contribution in [0.15, 0.2) is 30.5 Å². The van der Waals surface area contributed by atoms with Crippen molar-refractivity contribution in [2.45, 2.75) is 31.3 Å². The summed E-state index contributed by atoms with van der Waals surface area (Å²) in [5, 5.41) is 9.70. The summed E-state index contributed by atoms with van der Waals surface area (Å²) >= 11 is 0. The van der Waals surface area contributed by atoms with Crippen molar-refractivity contribution in [1.82, 2.24) is 4.98 Å². The Kier molecular flexibility index (Phi) is 4.72. The normalized spacial score (nSPS) is 14.0. The van der Waals surface area contributed by atoms with Crippen LogP contribution in [0.2, 0.25) is 0 Å². The molecule has 21 heavy (non-hydrogen) atoms. The number of aromatic nitrogens is 1. The molecule has 6 N–H and O–H groups in total. The first-order valence-corrected chi connectivity index (χ1v) is 6.80. The number of hydrogen-bond acceptors (Lipinski definition) is 4. The van der Waals surface area contributed by atoms with Crippen LogP contribution in [0.1, 0.15) is 18.4 Å². The number of nitrogens with one attached hydrogen (secondary N) is 1. The van der Waals surface area contributed by atoms with Crippen molar-refractivity contribution < 1.29 is 14.7 Å². The van der Waals surface area contributed by atoms with Gasteiger partial charge in [0.1, 0.15) is 6.04 Å². The second-order valence-electron chi connectivity index (χ2n) is 5.13. The van der Waals surface area contributed by atoms with Gasteiger partial charge in [-0.05, 0) is 24.5 Å². The molecule has 0 fully saturated rings. The van der Waals surface area contributed by atoms with Gasteiger partial charge in [-0.1, -0.05) is 18.2 Å². The Balaban J connectivity index is 1.96. The number of carboxylic acids is 1. The number of fused-ring (bicyclic) bond motifs is 1. The zero-order valence-electron chi connectivity index (χ0n) is 11.6. The van der Waals surface area contributed by atoms with Crippen molar-refractivity contribution in [2.75, 3.05) is 0 Å². The summed E-state index contributed by atoms with van der Waals surface area (Å²) in [6.07, 6.45) is 2.50. The highest BCUT2D eigenvalue weighted by molar-refractivity contribution is 5.92. The number of benzene rings is 1. The Bertz CT molecular complexity index is 650. The third kappa shape index (κ3) is 3.68. The molecule has 1 unspecified atom stereocenters. The van der Waals surface area contributed by atoms with Crippen LogP contribution in [-0.4, -0.2) is 33.9 Å². The van der Waals surface area contributed by atoms with E-state index in [0.717, 1.165) is 16.5 Å². The fourth-order valence-electron chi connectivity index (χ4n) is 2.24. The van der Waals surface area contributed by atoms with Crippen LogP contribution in [0.4, 0.5) is 0 Å². The summed E-state index contributed by atoms with van der Waals surface area (Å²) in [6.45, 7) is 0. The van der Waals surface area contributed by atoms with Crippen LogP contribution < -0.4 is 11.5 Å². The second kappa shape index (κ2) is 6.51. The van der Waals surface area contributed by atoms with Crippen molar-refractivity contribution in [1.29, 1.82) is 0 Å². The standard InChI is InChI=1S/C15H19N3O3/c16-11(5-6-12(17)15(20)21)14(19)7-9-8-18-13-4-2-1-3-10(9)13/h1-4,8,11-12,18H,5-7,16-17H2,(H,20,21)/t11?,12-/m0/s1. The average molecular weight is 289 g/mol. The van der Waals surface area contributed by atoms with E-state index in [2.05, 4.69) is 4.98 Å². The Morgan fingerprint density at radius 3 is 2.52 bits per heavy atom. The minimum absolute atomic E-state index is 0.114. The molecular weight excluding hydrogens is 270 g/mol. The van der Waals surface area contributed by atoms with E-state index in [1.165, 1.54) is 0 Å². The topological polar surface area (TPSA) is 122 Å². The van der Waals surface area contributed by atoms with E-state index in [0.29, 0.717) is 0 Å². The number of carboxylic acid groups (broad SMARTS) is 1. The highest BCUT2D eigenvalue weighted by Gasteiger charge is 2.19. The van der Waals surface area contributed by atoms with Crippen molar-refractivity contribution in [3.8, 4) is 0 Å². The highest BCUT2D eigenvalue weighted by Crippen LogP contribution is 2.18. The lowest BCUT2D eigenvalue weighted by Crippen LogP contribution is -2.36. The van der Waals surface area contributed by atoms with Gasteiger partial charge in [-0.3, -0.25) is 9.59 Å². The van der Waals surface area contributed by atoms with Crippen molar-refractivity contribution >= 4 is 22.7 Å². The predicted octanol–water partition coefficient (Wildman–Crippen LogP) is 0.799. The van der Waals surface area contributed by atoms with Gasteiger partial charge in [0.2, 0.25) is 0 Å². The maximum atomic E-state index is 12.1. The number of aromatic amines is 1. The molecule has 2 aromatic rings. The Hall–Kier alpha value is -2.18. The fourth-order valence-corrected chi connectivity index (χ4v) is 2.24. The van der Waals surface area contributed by atoms with Crippen LogP contribution in [0.5, 0.6) is 0 Å². The van der Waals surface area contributed by atoms with E-state index in [-0.39, 0.29) is 25.0 Å². The van der Waals surface area contributed by atoms with Crippen molar-refractivity contribution in [3.05, 3.63) is 36.0 Å². The molecule has 2 rings (SSSR count). The smallest absolute Gasteiger partial charge is 0.320 e.